The second-order valence-electron chi connectivity index (χ2n) is 11.3. The molecule has 4 aliphatic carbocycles. The number of hydrogen-bond acceptors (Lipinski definition) is 4. The zero-order valence-corrected chi connectivity index (χ0v) is 17.4. The SMILES string of the molecule is CC1(C)OC[C@]2(CC[C@]34C[C@H]2C[C@@H]3CC[C@@H]2CC3(CC[C@@]24C)OCCO3)O1. The van der Waals surface area contributed by atoms with Gasteiger partial charge < -0.3 is 18.9 Å². The first kappa shape index (κ1) is 17.7. The summed E-state index contributed by atoms with van der Waals surface area (Å²) in [6.45, 7) is 9.20. The summed E-state index contributed by atoms with van der Waals surface area (Å²) < 4.78 is 24.9. The first-order chi connectivity index (χ1) is 12.8. The van der Waals surface area contributed by atoms with Gasteiger partial charge in [0.25, 0.3) is 0 Å². The van der Waals surface area contributed by atoms with Crippen molar-refractivity contribution in [1.29, 1.82) is 0 Å². The van der Waals surface area contributed by atoms with Gasteiger partial charge in [-0.1, -0.05) is 6.92 Å². The van der Waals surface area contributed by atoms with Gasteiger partial charge >= 0.3 is 0 Å². The molecular formula is C23H36O4. The summed E-state index contributed by atoms with van der Waals surface area (Å²) in [4.78, 5) is 0. The van der Waals surface area contributed by atoms with Crippen LogP contribution in [0.5, 0.6) is 0 Å². The quantitative estimate of drug-likeness (QED) is 0.616. The van der Waals surface area contributed by atoms with E-state index in [4.69, 9.17) is 18.9 Å². The van der Waals surface area contributed by atoms with Crippen LogP contribution in [-0.2, 0) is 18.9 Å². The van der Waals surface area contributed by atoms with Crippen molar-refractivity contribution in [3.05, 3.63) is 0 Å². The Morgan fingerprint density at radius 1 is 0.741 bits per heavy atom. The van der Waals surface area contributed by atoms with Crippen LogP contribution >= 0.6 is 0 Å². The van der Waals surface area contributed by atoms with Gasteiger partial charge in [0, 0.05) is 12.8 Å². The Labute approximate surface area is 163 Å². The Morgan fingerprint density at radius 3 is 2.26 bits per heavy atom. The smallest absolute Gasteiger partial charge is 0.168 e. The molecule has 0 radical (unpaired) electrons. The van der Waals surface area contributed by atoms with Crippen LogP contribution in [0.2, 0.25) is 0 Å². The van der Waals surface area contributed by atoms with Crippen molar-refractivity contribution in [2.24, 2.45) is 28.6 Å². The van der Waals surface area contributed by atoms with E-state index in [1.165, 1.54) is 44.9 Å². The highest BCUT2D eigenvalue weighted by Gasteiger charge is 2.70. The van der Waals surface area contributed by atoms with Crippen LogP contribution in [-0.4, -0.2) is 37.0 Å². The fourth-order valence-corrected chi connectivity index (χ4v) is 8.75. The van der Waals surface area contributed by atoms with Gasteiger partial charge in [-0.2, -0.15) is 0 Å². The van der Waals surface area contributed by atoms with Gasteiger partial charge in [-0.05, 0) is 87.4 Å². The lowest BCUT2D eigenvalue weighted by Gasteiger charge is -2.63. The first-order valence-electron chi connectivity index (χ1n) is 11.4. The van der Waals surface area contributed by atoms with E-state index in [1.54, 1.807) is 0 Å². The summed E-state index contributed by atoms with van der Waals surface area (Å²) >= 11 is 0. The molecule has 2 heterocycles. The molecule has 2 bridgehead atoms. The molecule has 2 saturated heterocycles. The van der Waals surface area contributed by atoms with Crippen LogP contribution in [0, 0.1) is 28.6 Å². The fraction of sp³-hybridized carbons (Fsp3) is 1.00. The third-order valence-corrected chi connectivity index (χ3v) is 10.1. The molecule has 4 heteroatoms. The molecule has 0 N–H and O–H groups in total. The maximum Gasteiger partial charge on any atom is 0.168 e. The molecule has 0 aromatic carbocycles. The second-order valence-corrected chi connectivity index (χ2v) is 11.3. The Morgan fingerprint density at radius 2 is 1.52 bits per heavy atom. The molecular weight excluding hydrogens is 340 g/mol. The number of rotatable bonds is 0. The van der Waals surface area contributed by atoms with Crippen LogP contribution in [0.4, 0.5) is 0 Å². The molecule has 6 fully saturated rings. The van der Waals surface area contributed by atoms with Gasteiger partial charge in [-0.15, -0.1) is 0 Å². The highest BCUT2D eigenvalue weighted by Crippen LogP contribution is 2.75. The molecule has 0 aromatic heterocycles. The van der Waals surface area contributed by atoms with Gasteiger partial charge in [0.15, 0.2) is 11.6 Å². The topological polar surface area (TPSA) is 36.9 Å². The van der Waals surface area contributed by atoms with Gasteiger partial charge in [0.2, 0.25) is 0 Å². The van der Waals surface area contributed by atoms with Gasteiger partial charge in [0.1, 0.15) is 0 Å². The second kappa shape index (κ2) is 5.30. The predicted octanol–water partition coefficient (Wildman–Crippen LogP) is 4.66. The van der Waals surface area contributed by atoms with Crippen molar-refractivity contribution in [3.8, 4) is 0 Å². The van der Waals surface area contributed by atoms with Crippen molar-refractivity contribution >= 4 is 0 Å². The Kier molecular flexibility index (Phi) is 3.47. The minimum atomic E-state index is -0.404. The Balaban J connectivity index is 1.30. The fourth-order valence-electron chi connectivity index (χ4n) is 8.75. The first-order valence-corrected chi connectivity index (χ1v) is 11.4. The standard InChI is InChI=1S/C23H36O4/c1-19(2)26-15-22(27-19)8-7-21-13-18(22)12-16(21)4-5-17-14-23(24-10-11-25-23)9-6-20(17,21)3/h16-18H,4-15H2,1-3H3/t16-,17+,18+,20-,21-,22-/m0/s1. The van der Waals surface area contributed by atoms with Crippen LogP contribution in [0.1, 0.15) is 78.6 Å². The Bertz CT molecular complexity index is 640. The summed E-state index contributed by atoms with van der Waals surface area (Å²) in [6.07, 6.45) is 11.5. The van der Waals surface area contributed by atoms with Crippen LogP contribution in [0.15, 0.2) is 0 Å². The average molecular weight is 377 g/mol. The van der Waals surface area contributed by atoms with Crippen molar-refractivity contribution in [3.63, 3.8) is 0 Å². The average Bonchev–Trinajstić information content (AvgIpc) is 3.30. The van der Waals surface area contributed by atoms with Crippen LogP contribution < -0.4 is 0 Å². The van der Waals surface area contributed by atoms with Gasteiger partial charge in [0.05, 0.1) is 25.4 Å². The van der Waals surface area contributed by atoms with Crippen molar-refractivity contribution in [2.45, 2.75) is 95.7 Å². The van der Waals surface area contributed by atoms with Crippen molar-refractivity contribution < 1.29 is 18.9 Å². The third-order valence-electron chi connectivity index (χ3n) is 10.1. The number of ether oxygens (including phenoxy) is 4. The minimum absolute atomic E-state index is 0.00842. The largest absolute Gasteiger partial charge is 0.348 e. The summed E-state index contributed by atoms with van der Waals surface area (Å²) in [5.41, 5.74) is 0.954. The summed E-state index contributed by atoms with van der Waals surface area (Å²) in [5.74, 6) is 1.68. The van der Waals surface area contributed by atoms with E-state index in [1.807, 2.05) is 0 Å². The maximum absolute atomic E-state index is 6.59. The van der Waals surface area contributed by atoms with Crippen molar-refractivity contribution in [2.75, 3.05) is 19.8 Å². The minimum Gasteiger partial charge on any atom is -0.348 e. The number of hydrogen-bond donors (Lipinski definition) is 0. The molecule has 4 nitrogen and oxygen atoms in total. The van der Waals surface area contributed by atoms with E-state index in [2.05, 4.69) is 20.8 Å². The molecule has 27 heavy (non-hydrogen) atoms. The van der Waals surface area contributed by atoms with E-state index in [0.29, 0.717) is 16.7 Å². The van der Waals surface area contributed by atoms with E-state index in [-0.39, 0.29) is 11.4 Å². The molecule has 2 aliphatic heterocycles. The highest BCUT2D eigenvalue weighted by molar-refractivity contribution is 5.18. The lowest BCUT2D eigenvalue weighted by molar-refractivity contribution is -0.243. The van der Waals surface area contributed by atoms with Crippen LogP contribution in [0.3, 0.4) is 0 Å². The van der Waals surface area contributed by atoms with E-state index >= 15 is 0 Å². The summed E-state index contributed by atoms with van der Waals surface area (Å²) in [7, 11) is 0. The monoisotopic (exact) mass is 376 g/mol. The lowest BCUT2D eigenvalue weighted by Crippen LogP contribution is -2.58. The zero-order valence-electron chi connectivity index (χ0n) is 17.4. The van der Waals surface area contributed by atoms with Gasteiger partial charge in [-0.3, -0.25) is 0 Å². The van der Waals surface area contributed by atoms with Crippen LogP contribution in [0.25, 0.3) is 0 Å². The van der Waals surface area contributed by atoms with E-state index in [9.17, 15) is 0 Å². The molecule has 4 saturated carbocycles. The predicted molar refractivity (Wildman–Crippen MR) is 101 cm³/mol. The summed E-state index contributed by atoms with van der Waals surface area (Å²) in [5, 5.41) is 0. The van der Waals surface area contributed by atoms with E-state index < -0.39 is 5.79 Å². The number of fused-ring (bicyclic) bond motifs is 3. The van der Waals surface area contributed by atoms with E-state index in [0.717, 1.165) is 44.5 Å². The Hall–Kier alpha value is -0.160. The third kappa shape index (κ3) is 2.19. The summed E-state index contributed by atoms with van der Waals surface area (Å²) in [6, 6.07) is 0. The molecule has 6 rings (SSSR count). The molecule has 6 aliphatic rings. The molecule has 3 spiro atoms. The molecule has 0 unspecified atom stereocenters. The molecule has 6 atom stereocenters. The highest BCUT2D eigenvalue weighted by atomic mass is 16.8. The lowest BCUT2D eigenvalue weighted by atomic mass is 9.43. The maximum atomic E-state index is 6.59. The molecule has 152 valence electrons. The van der Waals surface area contributed by atoms with Gasteiger partial charge in [-0.25, -0.2) is 0 Å². The normalized spacial score (nSPS) is 55.0. The van der Waals surface area contributed by atoms with Crippen molar-refractivity contribution in [1.82, 2.24) is 0 Å². The molecule has 0 aromatic rings. The molecule has 0 amide bonds. The zero-order chi connectivity index (χ0) is 18.5.